The lowest BCUT2D eigenvalue weighted by atomic mass is 9.93. The number of hydrazine groups is 1. The van der Waals surface area contributed by atoms with Gasteiger partial charge in [0.2, 0.25) is 0 Å². The average molecular weight is 277 g/mol. The van der Waals surface area contributed by atoms with Gasteiger partial charge in [0.15, 0.2) is 0 Å². The van der Waals surface area contributed by atoms with E-state index in [-0.39, 0.29) is 18.6 Å². The predicted molar refractivity (Wildman–Crippen MR) is 79.2 cm³/mol. The lowest BCUT2D eigenvalue weighted by Crippen LogP contribution is -2.43. The number of nitrogens with two attached hydrogens (primary N) is 1. The van der Waals surface area contributed by atoms with E-state index >= 15 is 0 Å². The number of aliphatic hydroxyl groups is 1. The number of hydrogen-bond donors (Lipinski definition) is 3. The molecule has 1 aromatic rings. The molecule has 5 heteroatoms. The minimum atomic E-state index is -0.00507. The Balaban J connectivity index is 2.12. The van der Waals surface area contributed by atoms with Crippen molar-refractivity contribution in [1.82, 2.24) is 4.90 Å². The molecule has 0 atom stereocenters. The Morgan fingerprint density at radius 2 is 1.90 bits per heavy atom. The van der Waals surface area contributed by atoms with Crippen molar-refractivity contribution < 1.29 is 9.90 Å². The molecule has 0 spiro atoms. The Morgan fingerprint density at radius 3 is 2.45 bits per heavy atom. The van der Waals surface area contributed by atoms with Crippen molar-refractivity contribution in [2.75, 3.05) is 18.6 Å². The van der Waals surface area contributed by atoms with Crippen LogP contribution in [0, 0.1) is 0 Å². The fraction of sp³-hybridized carbons (Fsp3) is 0.533. The molecule has 5 nitrogen and oxygen atoms in total. The first-order chi connectivity index (χ1) is 9.76. The summed E-state index contributed by atoms with van der Waals surface area (Å²) < 4.78 is 0. The second-order valence-corrected chi connectivity index (χ2v) is 5.24. The zero-order valence-corrected chi connectivity index (χ0v) is 11.7. The average Bonchev–Trinajstić information content (AvgIpc) is 2.53. The molecule has 1 aromatic carbocycles. The van der Waals surface area contributed by atoms with Gasteiger partial charge >= 0.3 is 0 Å². The highest BCUT2D eigenvalue weighted by atomic mass is 16.3. The first-order valence-electron chi connectivity index (χ1n) is 7.24. The third kappa shape index (κ3) is 3.49. The van der Waals surface area contributed by atoms with E-state index in [1.165, 1.54) is 6.42 Å². The molecule has 2 rings (SSSR count). The summed E-state index contributed by atoms with van der Waals surface area (Å²) in [4.78, 5) is 14.4. The predicted octanol–water partition coefficient (Wildman–Crippen LogP) is 1.74. The Morgan fingerprint density at radius 1 is 1.25 bits per heavy atom. The normalized spacial score (nSPS) is 15.9. The van der Waals surface area contributed by atoms with Crippen LogP contribution in [-0.4, -0.2) is 35.1 Å². The summed E-state index contributed by atoms with van der Waals surface area (Å²) in [5, 5.41) is 9.22. The lowest BCUT2D eigenvalue weighted by molar-refractivity contribution is 0.0585. The number of aliphatic hydroxyl groups excluding tert-OH is 1. The number of anilines is 1. The zero-order valence-electron chi connectivity index (χ0n) is 11.7. The van der Waals surface area contributed by atoms with Gasteiger partial charge < -0.3 is 15.4 Å². The number of carbonyl (C=O) groups excluding carboxylic acids is 1. The summed E-state index contributed by atoms with van der Waals surface area (Å²) in [6.45, 7) is 0.408. The van der Waals surface area contributed by atoms with Crippen molar-refractivity contribution in [3.8, 4) is 0 Å². The number of nitrogen functional groups attached to an aromatic ring is 1. The van der Waals surface area contributed by atoms with E-state index in [2.05, 4.69) is 5.43 Å². The molecule has 20 heavy (non-hydrogen) atoms. The highest BCUT2D eigenvalue weighted by molar-refractivity contribution is 5.94. The van der Waals surface area contributed by atoms with Gasteiger partial charge in [-0.25, -0.2) is 0 Å². The van der Waals surface area contributed by atoms with Crippen molar-refractivity contribution in [2.45, 2.75) is 38.1 Å². The maximum Gasteiger partial charge on any atom is 0.254 e. The molecule has 1 aliphatic rings. The molecule has 0 aromatic heterocycles. The van der Waals surface area contributed by atoms with Gasteiger partial charge in [0, 0.05) is 23.8 Å². The van der Waals surface area contributed by atoms with E-state index in [1.54, 1.807) is 24.3 Å². The van der Waals surface area contributed by atoms with Crippen LogP contribution in [0.3, 0.4) is 0 Å². The summed E-state index contributed by atoms with van der Waals surface area (Å²) in [7, 11) is 0. The van der Waals surface area contributed by atoms with E-state index in [0.717, 1.165) is 31.4 Å². The van der Waals surface area contributed by atoms with Gasteiger partial charge in [0.25, 0.3) is 5.91 Å². The minimum Gasteiger partial charge on any atom is -0.395 e. The molecule has 0 unspecified atom stereocenters. The maximum atomic E-state index is 12.6. The van der Waals surface area contributed by atoms with Gasteiger partial charge in [-0.2, -0.15) is 0 Å². The fourth-order valence-electron chi connectivity index (χ4n) is 2.83. The molecule has 0 heterocycles. The van der Waals surface area contributed by atoms with Crippen molar-refractivity contribution in [3.63, 3.8) is 0 Å². The molecule has 0 radical (unpaired) electrons. The van der Waals surface area contributed by atoms with Crippen LogP contribution in [0.1, 0.15) is 42.5 Å². The topological polar surface area (TPSA) is 78.6 Å². The van der Waals surface area contributed by atoms with Gasteiger partial charge in [-0.15, -0.1) is 0 Å². The van der Waals surface area contributed by atoms with Crippen molar-refractivity contribution in [1.29, 1.82) is 0 Å². The monoisotopic (exact) mass is 277 g/mol. The Kier molecular flexibility index (Phi) is 5.38. The lowest BCUT2D eigenvalue weighted by Gasteiger charge is -2.34. The number of rotatable bonds is 5. The maximum absolute atomic E-state index is 12.6. The minimum absolute atomic E-state index is 0.00464. The number of carbonyl (C=O) groups is 1. The summed E-state index contributed by atoms with van der Waals surface area (Å²) in [5.41, 5.74) is 3.96. The van der Waals surface area contributed by atoms with Crippen LogP contribution in [-0.2, 0) is 0 Å². The second kappa shape index (κ2) is 7.26. The largest absolute Gasteiger partial charge is 0.395 e. The molecular weight excluding hydrogens is 254 g/mol. The second-order valence-electron chi connectivity index (χ2n) is 5.24. The van der Waals surface area contributed by atoms with Crippen LogP contribution in [0.5, 0.6) is 0 Å². The van der Waals surface area contributed by atoms with Crippen LogP contribution < -0.4 is 11.3 Å². The van der Waals surface area contributed by atoms with Gasteiger partial charge in [0.05, 0.1) is 6.61 Å². The highest BCUT2D eigenvalue weighted by Crippen LogP contribution is 2.24. The van der Waals surface area contributed by atoms with E-state index in [9.17, 15) is 9.90 Å². The molecule has 1 aliphatic carbocycles. The molecule has 1 amide bonds. The van der Waals surface area contributed by atoms with E-state index in [1.807, 2.05) is 4.90 Å². The van der Waals surface area contributed by atoms with E-state index in [0.29, 0.717) is 12.1 Å². The Bertz CT molecular complexity index is 427. The zero-order chi connectivity index (χ0) is 14.4. The van der Waals surface area contributed by atoms with Crippen LogP contribution in [0.2, 0.25) is 0 Å². The van der Waals surface area contributed by atoms with Gasteiger partial charge in [0.1, 0.15) is 0 Å². The molecule has 110 valence electrons. The quantitative estimate of drug-likeness (QED) is 0.566. The fourth-order valence-corrected chi connectivity index (χ4v) is 2.83. The standard InChI is InChI=1S/C15H23N3O2/c16-17-13-8-6-12(7-9-13)15(20)18(10-11-19)14-4-2-1-3-5-14/h6-9,14,17,19H,1-5,10-11,16H2. The number of nitrogens with one attached hydrogen (secondary N) is 1. The number of hydrogen-bond acceptors (Lipinski definition) is 4. The molecule has 0 aliphatic heterocycles. The molecule has 0 saturated heterocycles. The Labute approximate surface area is 119 Å². The van der Waals surface area contributed by atoms with Gasteiger partial charge in [-0.05, 0) is 37.1 Å². The third-order valence-corrected chi connectivity index (χ3v) is 3.92. The van der Waals surface area contributed by atoms with Crippen molar-refractivity contribution in [3.05, 3.63) is 29.8 Å². The number of amides is 1. The number of benzene rings is 1. The molecular formula is C15H23N3O2. The van der Waals surface area contributed by atoms with Crippen LogP contribution in [0.25, 0.3) is 0 Å². The number of nitrogens with zero attached hydrogens (tertiary/aromatic N) is 1. The van der Waals surface area contributed by atoms with Crippen LogP contribution in [0.4, 0.5) is 5.69 Å². The summed E-state index contributed by atoms with van der Waals surface area (Å²) in [5.74, 6) is 5.32. The van der Waals surface area contributed by atoms with Gasteiger partial charge in [-0.3, -0.25) is 10.6 Å². The third-order valence-electron chi connectivity index (χ3n) is 3.92. The van der Waals surface area contributed by atoms with E-state index in [4.69, 9.17) is 5.84 Å². The molecule has 4 N–H and O–H groups in total. The summed E-state index contributed by atoms with van der Waals surface area (Å²) in [6, 6.07) is 7.36. The van der Waals surface area contributed by atoms with Gasteiger partial charge in [-0.1, -0.05) is 19.3 Å². The van der Waals surface area contributed by atoms with Crippen LogP contribution in [0.15, 0.2) is 24.3 Å². The van der Waals surface area contributed by atoms with Crippen LogP contribution >= 0.6 is 0 Å². The van der Waals surface area contributed by atoms with E-state index < -0.39 is 0 Å². The first-order valence-corrected chi connectivity index (χ1v) is 7.24. The SMILES string of the molecule is NNc1ccc(C(=O)N(CCO)C2CCCCC2)cc1. The summed E-state index contributed by atoms with van der Waals surface area (Å²) >= 11 is 0. The molecule has 1 fully saturated rings. The molecule has 0 bridgehead atoms. The smallest absolute Gasteiger partial charge is 0.254 e. The Hall–Kier alpha value is -1.59. The van der Waals surface area contributed by atoms with Crippen molar-refractivity contribution >= 4 is 11.6 Å². The van der Waals surface area contributed by atoms with Crippen molar-refractivity contribution in [2.24, 2.45) is 5.84 Å². The first kappa shape index (κ1) is 14.8. The summed E-state index contributed by atoms with van der Waals surface area (Å²) in [6.07, 6.45) is 5.64. The molecule has 1 saturated carbocycles. The highest BCUT2D eigenvalue weighted by Gasteiger charge is 2.25.